The first-order chi connectivity index (χ1) is 16.2. The van der Waals surface area contributed by atoms with Gasteiger partial charge in [0.2, 0.25) is 0 Å². The number of methoxy groups -OCH3 is 1. The van der Waals surface area contributed by atoms with Crippen LogP contribution in [-0.4, -0.2) is 50.3 Å². The monoisotopic (exact) mass is 481 g/mol. The Morgan fingerprint density at radius 2 is 1.94 bits per heavy atom. The van der Waals surface area contributed by atoms with Crippen molar-refractivity contribution in [3.63, 3.8) is 0 Å². The largest absolute Gasteiger partial charge is 0.493 e. The van der Waals surface area contributed by atoms with Crippen LogP contribution in [0.4, 0.5) is 28.0 Å². The number of ether oxygens (including phenoxy) is 2. The normalized spacial score (nSPS) is 24.6. The van der Waals surface area contributed by atoms with Crippen LogP contribution in [0.2, 0.25) is 0 Å². The van der Waals surface area contributed by atoms with Gasteiger partial charge in [-0.2, -0.15) is 8.78 Å². The highest BCUT2D eigenvalue weighted by molar-refractivity contribution is 5.89. The summed E-state index contributed by atoms with van der Waals surface area (Å²) in [6, 6.07) is 7.27. The topological polar surface area (TPSA) is 62.8 Å². The summed E-state index contributed by atoms with van der Waals surface area (Å²) in [7, 11) is 3.43. The second-order valence-corrected chi connectivity index (χ2v) is 8.84. The van der Waals surface area contributed by atoms with E-state index in [2.05, 4.69) is 20.3 Å². The van der Waals surface area contributed by atoms with E-state index in [0.29, 0.717) is 12.8 Å². The number of alkyl halides is 2. The first-order valence-corrected chi connectivity index (χ1v) is 11.1. The van der Waals surface area contributed by atoms with Crippen molar-refractivity contribution in [3.8, 4) is 11.5 Å². The van der Waals surface area contributed by atoms with Gasteiger partial charge in [0.25, 0.3) is 0 Å². The fraction of sp³-hybridized carbons (Fsp3) is 0.458. The molecule has 0 bridgehead atoms. The Hall–Kier alpha value is -3.01. The fourth-order valence-electron chi connectivity index (χ4n) is 5.36. The van der Waals surface area contributed by atoms with Gasteiger partial charge in [-0.25, -0.2) is 13.6 Å². The Morgan fingerprint density at radius 1 is 1.15 bits per heavy atom. The molecular weight excluding hydrogens is 454 g/mol. The van der Waals surface area contributed by atoms with Gasteiger partial charge in [0.1, 0.15) is 11.6 Å². The number of anilines is 1. The van der Waals surface area contributed by atoms with Crippen LogP contribution < -0.4 is 20.1 Å². The molecule has 1 saturated heterocycles. The summed E-state index contributed by atoms with van der Waals surface area (Å²) >= 11 is 0. The van der Waals surface area contributed by atoms with E-state index < -0.39 is 24.3 Å². The maximum Gasteiger partial charge on any atom is 0.387 e. The van der Waals surface area contributed by atoms with Crippen LogP contribution in [0.25, 0.3) is 0 Å². The van der Waals surface area contributed by atoms with Gasteiger partial charge in [-0.1, -0.05) is 6.07 Å². The summed E-state index contributed by atoms with van der Waals surface area (Å²) in [5.74, 6) is -1.13. The quantitative estimate of drug-likeness (QED) is 0.577. The minimum absolute atomic E-state index is 0.0165. The second kappa shape index (κ2) is 9.69. The Bertz CT molecular complexity index is 1050. The molecule has 10 heteroatoms. The number of hydrogen-bond donors (Lipinski definition) is 2. The van der Waals surface area contributed by atoms with Crippen LogP contribution in [0.3, 0.4) is 0 Å². The summed E-state index contributed by atoms with van der Waals surface area (Å²) in [6.07, 6.45) is 2.94. The Kier molecular flexibility index (Phi) is 6.88. The molecule has 34 heavy (non-hydrogen) atoms. The van der Waals surface area contributed by atoms with E-state index in [1.165, 1.54) is 13.2 Å². The summed E-state index contributed by atoms with van der Waals surface area (Å²) in [5.41, 5.74) is 0.526. The molecule has 2 N–H and O–H groups in total. The van der Waals surface area contributed by atoms with Crippen molar-refractivity contribution in [1.29, 1.82) is 0 Å². The van der Waals surface area contributed by atoms with Crippen molar-refractivity contribution >= 4 is 11.7 Å². The number of amides is 2. The van der Waals surface area contributed by atoms with Gasteiger partial charge in [-0.15, -0.1) is 0 Å². The van der Waals surface area contributed by atoms with E-state index in [-0.39, 0.29) is 34.7 Å². The Morgan fingerprint density at radius 3 is 2.68 bits per heavy atom. The minimum atomic E-state index is -2.95. The van der Waals surface area contributed by atoms with Crippen LogP contribution in [0.15, 0.2) is 36.4 Å². The summed E-state index contributed by atoms with van der Waals surface area (Å²) in [4.78, 5) is 14.7. The number of nitrogens with zero attached hydrogens (tertiary/aromatic N) is 1. The molecule has 0 aromatic heterocycles. The molecule has 3 unspecified atom stereocenters. The maximum atomic E-state index is 13.9. The highest BCUT2D eigenvalue weighted by atomic mass is 19.3. The molecule has 2 amide bonds. The number of halogens is 4. The number of likely N-dealkylation sites (tertiary alicyclic amines) is 1. The molecule has 0 radical (unpaired) electrons. The molecule has 4 rings (SSSR count). The predicted molar refractivity (Wildman–Crippen MR) is 118 cm³/mol. The van der Waals surface area contributed by atoms with Gasteiger partial charge < -0.3 is 25.0 Å². The molecule has 2 aromatic carbocycles. The van der Waals surface area contributed by atoms with Crippen molar-refractivity contribution in [1.82, 2.24) is 10.2 Å². The van der Waals surface area contributed by atoms with Crippen molar-refractivity contribution in [2.24, 2.45) is 0 Å². The Balaban J connectivity index is 1.49. The van der Waals surface area contributed by atoms with Gasteiger partial charge in [-0.05, 0) is 69.1 Å². The molecule has 6 nitrogen and oxygen atoms in total. The number of carbonyl (C=O) groups is 1. The van der Waals surface area contributed by atoms with Crippen LogP contribution in [0.5, 0.6) is 11.5 Å². The molecule has 2 aromatic rings. The third-order valence-corrected chi connectivity index (χ3v) is 6.99. The van der Waals surface area contributed by atoms with Gasteiger partial charge in [0.05, 0.1) is 12.8 Å². The SMILES string of the molecule is COc1cc(C23CCC(NC(=O)Nc4cc(F)ccc4F)CC2N(C)CC3)ccc1OC(F)F. The van der Waals surface area contributed by atoms with Crippen molar-refractivity contribution in [2.45, 2.75) is 49.8 Å². The molecule has 1 heterocycles. The zero-order valence-corrected chi connectivity index (χ0v) is 18.9. The fourth-order valence-corrected chi connectivity index (χ4v) is 5.36. The van der Waals surface area contributed by atoms with Crippen LogP contribution in [-0.2, 0) is 5.41 Å². The molecule has 2 aliphatic rings. The average molecular weight is 481 g/mol. The molecule has 1 saturated carbocycles. The van der Waals surface area contributed by atoms with Gasteiger partial charge in [0.15, 0.2) is 11.5 Å². The number of urea groups is 1. The average Bonchev–Trinajstić information content (AvgIpc) is 3.13. The number of rotatable bonds is 6. The summed E-state index contributed by atoms with van der Waals surface area (Å²) in [5, 5.41) is 5.25. The first-order valence-electron chi connectivity index (χ1n) is 11.1. The molecule has 1 aliphatic carbocycles. The highest BCUT2D eigenvalue weighted by Crippen LogP contribution is 2.50. The lowest BCUT2D eigenvalue weighted by Gasteiger charge is -2.45. The van der Waals surface area contributed by atoms with E-state index in [4.69, 9.17) is 4.74 Å². The predicted octanol–water partition coefficient (Wildman–Crippen LogP) is 4.89. The van der Waals surface area contributed by atoms with E-state index in [9.17, 15) is 22.4 Å². The van der Waals surface area contributed by atoms with E-state index in [1.54, 1.807) is 12.1 Å². The van der Waals surface area contributed by atoms with Gasteiger partial charge in [-0.3, -0.25) is 0 Å². The van der Waals surface area contributed by atoms with E-state index in [0.717, 1.165) is 43.1 Å². The number of hydrogen-bond acceptors (Lipinski definition) is 4. The lowest BCUT2D eigenvalue weighted by Crippen LogP contribution is -2.52. The van der Waals surface area contributed by atoms with Crippen molar-refractivity contribution < 1.29 is 31.8 Å². The third kappa shape index (κ3) is 4.77. The van der Waals surface area contributed by atoms with Gasteiger partial charge in [0, 0.05) is 23.6 Å². The first kappa shape index (κ1) is 24.1. The Labute approximate surface area is 195 Å². The number of fused-ring (bicyclic) bond motifs is 1. The molecule has 2 fully saturated rings. The second-order valence-electron chi connectivity index (χ2n) is 8.84. The highest BCUT2D eigenvalue weighted by Gasteiger charge is 2.50. The van der Waals surface area contributed by atoms with Crippen molar-refractivity contribution in [2.75, 3.05) is 26.0 Å². The standard InChI is InChI=1S/C24H27F4N3O3/c1-31-10-9-24(14-3-6-19(34-22(27)28)20(11-14)33-2)8-7-16(13-21(24)31)29-23(32)30-18-12-15(25)4-5-17(18)26/h3-6,11-12,16,21-22H,7-10,13H2,1-2H3,(H2,29,30,32). The lowest BCUT2D eigenvalue weighted by molar-refractivity contribution is -0.0512. The molecule has 1 aliphatic heterocycles. The summed E-state index contributed by atoms with van der Waals surface area (Å²) in [6.45, 7) is -2.10. The smallest absolute Gasteiger partial charge is 0.387 e. The third-order valence-electron chi connectivity index (χ3n) is 6.99. The van der Waals surface area contributed by atoms with Crippen LogP contribution in [0, 0.1) is 11.6 Å². The molecule has 184 valence electrons. The number of nitrogens with one attached hydrogen (secondary N) is 2. The lowest BCUT2D eigenvalue weighted by atomic mass is 9.65. The molecule has 0 spiro atoms. The van der Waals surface area contributed by atoms with Crippen LogP contribution in [0.1, 0.15) is 31.2 Å². The number of likely N-dealkylation sites (N-methyl/N-ethyl adjacent to an activating group) is 1. The number of carbonyl (C=O) groups excluding carboxylic acids is 1. The van der Waals surface area contributed by atoms with E-state index in [1.807, 2.05) is 7.05 Å². The minimum Gasteiger partial charge on any atom is -0.493 e. The number of benzene rings is 2. The van der Waals surface area contributed by atoms with Crippen molar-refractivity contribution in [3.05, 3.63) is 53.6 Å². The zero-order chi connectivity index (χ0) is 24.5. The van der Waals surface area contributed by atoms with Crippen LogP contribution >= 0.6 is 0 Å². The molecular formula is C24H27F4N3O3. The summed E-state index contributed by atoms with van der Waals surface area (Å²) < 4.78 is 62.6. The zero-order valence-electron chi connectivity index (χ0n) is 18.9. The van der Waals surface area contributed by atoms with Gasteiger partial charge >= 0.3 is 12.6 Å². The maximum absolute atomic E-state index is 13.9. The van der Waals surface area contributed by atoms with E-state index >= 15 is 0 Å². The molecule has 3 atom stereocenters.